The number of oxime groups is 1. The van der Waals surface area contributed by atoms with Gasteiger partial charge in [-0.25, -0.2) is 0 Å². The van der Waals surface area contributed by atoms with Crippen LogP contribution in [0.2, 0.25) is 0 Å². The molecular formula is C31H51NO3. The van der Waals surface area contributed by atoms with Gasteiger partial charge in [-0.05, 0) is 122 Å². The lowest BCUT2D eigenvalue weighted by Crippen LogP contribution is -2.67. The molecule has 5 aliphatic rings. The molecule has 4 nitrogen and oxygen atoms in total. The summed E-state index contributed by atoms with van der Waals surface area (Å²) in [5.74, 6) is 2.78. The molecular weight excluding hydrogens is 434 g/mol. The maximum absolute atomic E-state index is 10.7. The highest BCUT2D eigenvalue weighted by Gasteiger charge is 2.71. The first-order valence-corrected chi connectivity index (χ1v) is 14.6. The van der Waals surface area contributed by atoms with Crippen molar-refractivity contribution in [1.29, 1.82) is 0 Å². The lowest BCUT2D eigenvalue weighted by Gasteiger charge is -2.72. The van der Waals surface area contributed by atoms with E-state index in [9.17, 15) is 15.4 Å². The molecule has 35 heavy (non-hydrogen) atoms. The van der Waals surface area contributed by atoms with Crippen LogP contribution in [-0.2, 0) is 0 Å². The van der Waals surface area contributed by atoms with Crippen LogP contribution in [0.25, 0.3) is 0 Å². The molecule has 1 unspecified atom stereocenters. The average molecular weight is 486 g/mol. The van der Waals surface area contributed by atoms with Gasteiger partial charge in [0.05, 0.1) is 12.3 Å². The van der Waals surface area contributed by atoms with E-state index >= 15 is 0 Å². The first-order valence-electron chi connectivity index (χ1n) is 14.6. The number of nitrogens with zero attached hydrogens (tertiary/aromatic N) is 1. The summed E-state index contributed by atoms with van der Waals surface area (Å²) < 4.78 is 0. The Morgan fingerprint density at radius 1 is 0.886 bits per heavy atom. The smallest absolute Gasteiger partial charge is 0.0655 e. The molecule has 0 aromatic heterocycles. The maximum Gasteiger partial charge on any atom is 0.0655 e. The van der Waals surface area contributed by atoms with Crippen molar-refractivity contribution >= 4 is 5.71 Å². The van der Waals surface area contributed by atoms with Crippen molar-refractivity contribution in [2.45, 2.75) is 105 Å². The monoisotopic (exact) mass is 485 g/mol. The number of hydrogen-bond acceptors (Lipinski definition) is 4. The van der Waals surface area contributed by atoms with E-state index in [2.05, 4.69) is 46.4 Å². The Morgan fingerprint density at radius 3 is 2.26 bits per heavy atom. The quantitative estimate of drug-likeness (QED) is 0.232. The van der Waals surface area contributed by atoms with E-state index in [0.717, 1.165) is 37.8 Å². The van der Waals surface area contributed by atoms with Gasteiger partial charge in [-0.3, -0.25) is 0 Å². The summed E-state index contributed by atoms with van der Waals surface area (Å²) in [7, 11) is 0. The van der Waals surface area contributed by atoms with Crippen molar-refractivity contribution in [1.82, 2.24) is 0 Å². The standard InChI is InChI=1S/C31H51NO3/c1-7-20(2)21-10-15-31(19-34)17-16-29(5)22(26(21)31)8-9-24-27(3)13-12-25(32-35)28(4,18-33)23(27)11-14-30(24,29)6/h21-24,26,33-35H,2,7-19H2,1,3-6H3/t21-,22+,23+,24+,26+,27-,28?,29+,30+,31+/m0/s1. The van der Waals surface area contributed by atoms with Gasteiger partial charge in [0.15, 0.2) is 0 Å². The molecule has 0 heterocycles. The average Bonchev–Trinajstić information content (AvgIpc) is 3.24. The molecule has 0 aromatic carbocycles. The van der Waals surface area contributed by atoms with Crippen molar-refractivity contribution in [2.75, 3.05) is 13.2 Å². The second-order valence-electron chi connectivity index (χ2n) is 14.5. The molecule has 5 saturated carbocycles. The number of aliphatic hydroxyl groups excluding tert-OH is 2. The van der Waals surface area contributed by atoms with Gasteiger partial charge in [0.1, 0.15) is 0 Å². The Balaban J connectivity index is 1.55. The Hall–Kier alpha value is -0.870. The Bertz CT molecular complexity index is 900. The summed E-state index contributed by atoms with van der Waals surface area (Å²) in [5, 5.41) is 34.8. The second kappa shape index (κ2) is 8.32. The summed E-state index contributed by atoms with van der Waals surface area (Å²) >= 11 is 0. The number of aliphatic hydroxyl groups is 2. The van der Waals surface area contributed by atoms with E-state index in [0.29, 0.717) is 36.2 Å². The van der Waals surface area contributed by atoms with Gasteiger partial charge in [0, 0.05) is 12.0 Å². The number of allylic oxidation sites excluding steroid dienone is 1. The molecule has 0 aliphatic heterocycles. The molecule has 0 saturated heterocycles. The molecule has 10 atom stereocenters. The van der Waals surface area contributed by atoms with Crippen LogP contribution in [0.4, 0.5) is 0 Å². The van der Waals surface area contributed by atoms with Crippen LogP contribution in [0.15, 0.2) is 17.3 Å². The maximum atomic E-state index is 10.7. The Labute approximate surface area is 213 Å². The predicted molar refractivity (Wildman–Crippen MR) is 141 cm³/mol. The topological polar surface area (TPSA) is 73.1 Å². The van der Waals surface area contributed by atoms with Crippen molar-refractivity contribution in [3.05, 3.63) is 12.2 Å². The van der Waals surface area contributed by atoms with Crippen LogP contribution in [0.5, 0.6) is 0 Å². The molecule has 0 bridgehead atoms. The van der Waals surface area contributed by atoms with Crippen LogP contribution in [0, 0.1) is 56.7 Å². The van der Waals surface area contributed by atoms with Crippen molar-refractivity contribution in [3.63, 3.8) is 0 Å². The molecule has 0 aromatic rings. The molecule has 5 aliphatic carbocycles. The van der Waals surface area contributed by atoms with E-state index < -0.39 is 5.41 Å². The fourth-order valence-electron chi connectivity index (χ4n) is 11.7. The molecule has 5 fully saturated rings. The first-order chi connectivity index (χ1) is 16.5. The lowest BCUT2D eigenvalue weighted by molar-refractivity contribution is -0.233. The number of rotatable bonds is 4. The molecule has 198 valence electrons. The van der Waals surface area contributed by atoms with E-state index in [1.165, 1.54) is 44.1 Å². The highest BCUT2D eigenvalue weighted by atomic mass is 16.4. The third-order valence-corrected chi connectivity index (χ3v) is 13.9. The number of fused-ring (bicyclic) bond motifs is 7. The van der Waals surface area contributed by atoms with E-state index in [1.54, 1.807) is 0 Å². The SMILES string of the molecule is C=C(CC)[C@@H]1CC[C@]2(CO)CC[C@]3(C)[C@H](CC[C@@H]4[C@@]5(C)CCC(=NO)C(C)(CO)[C@@H]5CC[C@]43C)[C@@H]12. The van der Waals surface area contributed by atoms with Gasteiger partial charge in [-0.15, -0.1) is 0 Å². The zero-order valence-corrected chi connectivity index (χ0v) is 23.1. The molecule has 3 N–H and O–H groups in total. The largest absolute Gasteiger partial charge is 0.411 e. The van der Waals surface area contributed by atoms with Gasteiger partial charge < -0.3 is 15.4 Å². The van der Waals surface area contributed by atoms with Crippen LogP contribution in [0.1, 0.15) is 105 Å². The molecule has 5 rings (SSSR count). The minimum Gasteiger partial charge on any atom is -0.411 e. The van der Waals surface area contributed by atoms with Gasteiger partial charge in [-0.2, -0.15) is 0 Å². The lowest BCUT2D eigenvalue weighted by atomic mass is 9.32. The van der Waals surface area contributed by atoms with Crippen LogP contribution < -0.4 is 0 Å². The summed E-state index contributed by atoms with van der Waals surface area (Å²) in [4.78, 5) is 0. The minimum absolute atomic E-state index is 0.0673. The van der Waals surface area contributed by atoms with E-state index in [-0.39, 0.29) is 28.3 Å². The van der Waals surface area contributed by atoms with E-state index in [1.807, 2.05) is 0 Å². The molecule has 0 spiro atoms. The number of hydrogen-bond donors (Lipinski definition) is 3. The van der Waals surface area contributed by atoms with Gasteiger partial charge in [0.25, 0.3) is 0 Å². The molecule has 4 heteroatoms. The first kappa shape index (κ1) is 25.8. The van der Waals surface area contributed by atoms with Gasteiger partial charge in [-0.1, -0.05) is 51.9 Å². The van der Waals surface area contributed by atoms with E-state index in [4.69, 9.17) is 0 Å². The Morgan fingerprint density at radius 2 is 1.63 bits per heavy atom. The minimum atomic E-state index is -0.422. The highest BCUT2D eigenvalue weighted by molar-refractivity contribution is 5.91. The van der Waals surface area contributed by atoms with Crippen molar-refractivity contribution in [3.8, 4) is 0 Å². The third-order valence-electron chi connectivity index (χ3n) is 13.9. The Kier molecular flexibility index (Phi) is 6.12. The zero-order valence-electron chi connectivity index (χ0n) is 23.1. The summed E-state index contributed by atoms with van der Waals surface area (Å²) in [6.45, 7) is 17.1. The fraction of sp³-hybridized carbons (Fsp3) is 0.903. The highest BCUT2D eigenvalue weighted by Crippen LogP contribution is 2.77. The second-order valence-corrected chi connectivity index (χ2v) is 14.5. The predicted octanol–water partition coefficient (Wildman–Crippen LogP) is 6.83. The van der Waals surface area contributed by atoms with Crippen molar-refractivity contribution < 1.29 is 15.4 Å². The van der Waals surface area contributed by atoms with Crippen LogP contribution >= 0.6 is 0 Å². The van der Waals surface area contributed by atoms with Gasteiger partial charge >= 0.3 is 0 Å². The zero-order chi connectivity index (χ0) is 25.4. The molecule has 0 amide bonds. The van der Waals surface area contributed by atoms with Gasteiger partial charge in [0.2, 0.25) is 0 Å². The summed E-state index contributed by atoms with van der Waals surface area (Å²) in [5.41, 5.74) is 2.58. The molecule has 0 radical (unpaired) electrons. The van der Waals surface area contributed by atoms with Crippen LogP contribution in [-0.4, -0.2) is 34.3 Å². The summed E-state index contributed by atoms with van der Waals surface area (Å²) in [6.07, 6.45) is 12.5. The fourth-order valence-corrected chi connectivity index (χ4v) is 11.7. The summed E-state index contributed by atoms with van der Waals surface area (Å²) in [6, 6.07) is 0. The van der Waals surface area contributed by atoms with Crippen molar-refractivity contribution in [2.24, 2.45) is 61.8 Å². The normalized spacial score (nSPS) is 54.5. The third kappa shape index (κ3) is 3.08. The van der Waals surface area contributed by atoms with Crippen LogP contribution in [0.3, 0.4) is 0 Å².